The van der Waals surface area contributed by atoms with Crippen LogP contribution in [0.4, 0.5) is 0 Å². The molecule has 0 radical (unpaired) electrons. The summed E-state index contributed by atoms with van der Waals surface area (Å²) in [7, 11) is 0. The molecular weight excluding hydrogens is 160 g/mol. The first-order valence-electron chi connectivity index (χ1n) is 5.86. The number of hydrogen-bond acceptors (Lipinski definition) is 2. The van der Waals surface area contributed by atoms with Crippen molar-refractivity contribution in [2.24, 2.45) is 11.8 Å². The van der Waals surface area contributed by atoms with Crippen molar-refractivity contribution in [3.8, 4) is 0 Å². The van der Waals surface area contributed by atoms with E-state index in [0.717, 1.165) is 11.8 Å². The van der Waals surface area contributed by atoms with E-state index in [1.165, 1.54) is 58.3 Å². The number of hydrogen-bond donors (Lipinski definition) is 2. The summed E-state index contributed by atoms with van der Waals surface area (Å²) >= 11 is 0. The minimum absolute atomic E-state index is 0.995. The maximum atomic E-state index is 3.44. The molecule has 2 heteroatoms. The first-order valence-corrected chi connectivity index (χ1v) is 5.86. The third-order valence-corrected chi connectivity index (χ3v) is 3.55. The van der Waals surface area contributed by atoms with Crippen LogP contribution < -0.4 is 10.6 Å². The molecule has 0 amide bonds. The van der Waals surface area contributed by atoms with Gasteiger partial charge in [-0.25, -0.2) is 0 Å². The molecule has 0 spiro atoms. The van der Waals surface area contributed by atoms with Crippen molar-refractivity contribution >= 4 is 0 Å². The highest BCUT2D eigenvalue weighted by Gasteiger charge is 2.17. The summed E-state index contributed by atoms with van der Waals surface area (Å²) in [6, 6.07) is 0. The highest BCUT2D eigenvalue weighted by molar-refractivity contribution is 4.74. The molecule has 2 aliphatic rings. The largest absolute Gasteiger partial charge is 0.316 e. The van der Waals surface area contributed by atoms with Gasteiger partial charge in [-0.05, 0) is 63.7 Å². The standard InChI is InChI=1S/C11H22N2/c1(2-10-4-6-12-8-10)3-11-5-7-13-9-11/h10-13H,1-9H2. The molecule has 2 fully saturated rings. The van der Waals surface area contributed by atoms with Gasteiger partial charge in [0.25, 0.3) is 0 Å². The van der Waals surface area contributed by atoms with Crippen LogP contribution in [-0.2, 0) is 0 Å². The molecule has 2 rings (SSSR count). The van der Waals surface area contributed by atoms with Crippen LogP contribution in [0.25, 0.3) is 0 Å². The lowest BCUT2D eigenvalue weighted by Crippen LogP contribution is -2.10. The minimum atomic E-state index is 0.995. The molecular formula is C11H22N2. The van der Waals surface area contributed by atoms with Gasteiger partial charge in [-0.2, -0.15) is 0 Å². The van der Waals surface area contributed by atoms with Gasteiger partial charge in [-0.1, -0.05) is 6.42 Å². The Hall–Kier alpha value is -0.0800. The van der Waals surface area contributed by atoms with Crippen molar-refractivity contribution < 1.29 is 0 Å². The maximum absolute atomic E-state index is 3.44. The summed E-state index contributed by atoms with van der Waals surface area (Å²) < 4.78 is 0. The Bertz CT molecular complexity index is 119. The predicted molar refractivity (Wildman–Crippen MR) is 55.8 cm³/mol. The van der Waals surface area contributed by atoms with E-state index in [-0.39, 0.29) is 0 Å². The monoisotopic (exact) mass is 182 g/mol. The topological polar surface area (TPSA) is 24.1 Å². The van der Waals surface area contributed by atoms with Gasteiger partial charge in [0.15, 0.2) is 0 Å². The summed E-state index contributed by atoms with van der Waals surface area (Å²) in [6.45, 7) is 5.08. The van der Waals surface area contributed by atoms with Crippen LogP contribution in [0.5, 0.6) is 0 Å². The average molecular weight is 182 g/mol. The molecule has 2 nitrogen and oxygen atoms in total. The average Bonchev–Trinajstić information content (AvgIpc) is 2.75. The quantitative estimate of drug-likeness (QED) is 0.686. The fourth-order valence-corrected chi connectivity index (χ4v) is 2.62. The molecule has 2 unspecified atom stereocenters. The number of nitrogens with one attached hydrogen (secondary N) is 2. The van der Waals surface area contributed by atoms with E-state index < -0.39 is 0 Å². The van der Waals surface area contributed by atoms with Crippen molar-refractivity contribution in [3.05, 3.63) is 0 Å². The van der Waals surface area contributed by atoms with Crippen LogP contribution in [0.3, 0.4) is 0 Å². The van der Waals surface area contributed by atoms with Crippen molar-refractivity contribution in [1.29, 1.82) is 0 Å². The summed E-state index contributed by atoms with van der Waals surface area (Å²) in [4.78, 5) is 0. The molecule has 2 heterocycles. The van der Waals surface area contributed by atoms with Gasteiger partial charge in [-0.3, -0.25) is 0 Å². The second-order valence-corrected chi connectivity index (χ2v) is 4.65. The fourth-order valence-electron chi connectivity index (χ4n) is 2.62. The second-order valence-electron chi connectivity index (χ2n) is 4.65. The van der Waals surface area contributed by atoms with Crippen LogP contribution in [0.15, 0.2) is 0 Å². The summed E-state index contributed by atoms with van der Waals surface area (Å²) in [6.07, 6.45) is 7.22. The van der Waals surface area contributed by atoms with Gasteiger partial charge in [-0.15, -0.1) is 0 Å². The SMILES string of the molecule is C(CC1CCNC1)CC1CCNC1. The summed E-state index contributed by atoms with van der Waals surface area (Å²) in [5.41, 5.74) is 0. The van der Waals surface area contributed by atoms with Crippen molar-refractivity contribution in [3.63, 3.8) is 0 Å². The predicted octanol–water partition coefficient (Wildman–Crippen LogP) is 1.38. The van der Waals surface area contributed by atoms with Crippen molar-refractivity contribution in [2.75, 3.05) is 26.2 Å². The van der Waals surface area contributed by atoms with Gasteiger partial charge in [0.2, 0.25) is 0 Å². The molecule has 0 saturated carbocycles. The van der Waals surface area contributed by atoms with Gasteiger partial charge in [0.1, 0.15) is 0 Å². The molecule has 2 saturated heterocycles. The van der Waals surface area contributed by atoms with E-state index in [4.69, 9.17) is 0 Å². The van der Waals surface area contributed by atoms with Gasteiger partial charge < -0.3 is 10.6 Å². The highest BCUT2D eigenvalue weighted by Crippen LogP contribution is 2.20. The minimum Gasteiger partial charge on any atom is -0.316 e. The Balaban J connectivity index is 1.52. The Morgan fingerprint density at radius 1 is 0.846 bits per heavy atom. The zero-order valence-electron chi connectivity index (χ0n) is 8.52. The highest BCUT2D eigenvalue weighted by atomic mass is 14.9. The zero-order chi connectivity index (χ0) is 8.93. The van der Waals surface area contributed by atoms with Crippen molar-refractivity contribution in [1.82, 2.24) is 10.6 Å². The molecule has 0 aromatic heterocycles. The lowest BCUT2D eigenvalue weighted by atomic mass is 9.96. The number of rotatable bonds is 4. The fraction of sp³-hybridized carbons (Fsp3) is 1.00. The normalized spacial score (nSPS) is 34.2. The Morgan fingerprint density at radius 3 is 1.77 bits per heavy atom. The van der Waals surface area contributed by atoms with Crippen LogP contribution in [0.2, 0.25) is 0 Å². The molecule has 2 N–H and O–H groups in total. The van der Waals surface area contributed by atoms with E-state index in [9.17, 15) is 0 Å². The van der Waals surface area contributed by atoms with Gasteiger partial charge in [0, 0.05) is 0 Å². The maximum Gasteiger partial charge on any atom is -0.00200 e. The molecule has 0 bridgehead atoms. The molecule has 2 atom stereocenters. The van der Waals surface area contributed by atoms with E-state index >= 15 is 0 Å². The molecule has 76 valence electrons. The zero-order valence-corrected chi connectivity index (χ0v) is 8.52. The Morgan fingerprint density at radius 2 is 1.38 bits per heavy atom. The second kappa shape index (κ2) is 4.97. The molecule has 13 heavy (non-hydrogen) atoms. The first kappa shape index (κ1) is 9.47. The van der Waals surface area contributed by atoms with Crippen LogP contribution in [0, 0.1) is 11.8 Å². The summed E-state index contributed by atoms with van der Waals surface area (Å²) in [5, 5.41) is 6.88. The van der Waals surface area contributed by atoms with E-state index in [2.05, 4.69) is 10.6 Å². The van der Waals surface area contributed by atoms with Crippen LogP contribution in [-0.4, -0.2) is 26.2 Å². The summed E-state index contributed by atoms with van der Waals surface area (Å²) in [5.74, 6) is 1.99. The van der Waals surface area contributed by atoms with Crippen LogP contribution >= 0.6 is 0 Å². The van der Waals surface area contributed by atoms with E-state index in [0.29, 0.717) is 0 Å². The van der Waals surface area contributed by atoms with Crippen LogP contribution in [0.1, 0.15) is 32.1 Å². The lowest BCUT2D eigenvalue weighted by Gasteiger charge is -2.10. The third-order valence-electron chi connectivity index (χ3n) is 3.55. The molecule has 0 aromatic rings. The molecule has 0 aliphatic carbocycles. The first-order chi connectivity index (χ1) is 6.45. The van der Waals surface area contributed by atoms with E-state index in [1.54, 1.807) is 0 Å². The Kier molecular flexibility index (Phi) is 3.62. The van der Waals surface area contributed by atoms with Gasteiger partial charge in [0.05, 0.1) is 0 Å². The van der Waals surface area contributed by atoms with Crippen molar-refractivity contribution in [2.45, 2.75) is 32.1 Å². The van der Waals surface area contributed by atoms with Gasteiger partial charge >= 0.3 is 0 Å². The third kappa shape index (κ3) is 2.96. The lowest BCUT2D eigenvalue weighted by molar-refractivity contribution is 0.440. The Labute approximate surface area is 81.5 Å². The molecule has 2 aliphatic heterocycles. The molecule has 0 aromatic carbocycles. The van der Waals surface area contributed by atoms with E-state index in [1.807, 2.05) is 0 Å². The smallest absolute Gasteiger partial charge is 0.00200 e.